The average Bonchev–Trinajstić information content (AvgIpc) is 2.84. The second-order valence-corrected chi connectivity index (χ2v) is 5.55. The van der Waals surface area contributed by atoms with E-state index in [0.29, 0.717) is 0 Å². The normalized spacial score (nSPS) is 15.1. The van der Waals surface area contributed by atoms with Crippen molar-refractivity contribution in [3.63, 3.8) is 0 Å². The van der Waals surface area contributed by atoms with Gasteiger partial charge in [0.2, 0.25) is 0 Å². The number of benzene rings is 2. The minimum Gasteiger partial charge on any atom is -0.354 e. The first-order valence-electron chi connectivity index (χ1n) is 6.99. The number of rotatable bonds is 0. The van der Waals surface area contributed by atoms with Crippen LogP contribution in [0.5, 0.6) is 0 Å². The van der Waals surface area contributed by atoms with Gasteiger partial charge >= 0.3 is 0 Å². The summed E-state index contributed by atoms with van der Waals surface area (Å²) in [6.45, 7) is 6.64. The van der Waals surface area contributed by atoms with Crippen molar-refractivity contribution in [2.24, 2.45) is 0 Å². The van der Waals surface area contributed by atoms with Crippen LogP contribution >= 0.6 is 0 Å². The number of nitrogens with one attached hydrogen (secondary N) is 2. The summed E-state index contributed by atoms with van der Waals surface area (Å²) in [5.41, 5.74) is 8.53. The molecule has 0 aliphatic carbocycles. The Morgan fingerprint density at radius 1 is 1.00 bits per heavy atom. The van der Waals surface area contributed by atoms with Crippen molar-refractivity contribution in [2.45, 2.75) is 26.8 Å². The van der Waals surface area contributed by atoms with Crippen molar-refractivity contribution in [1.82, 2.24) is 10.3 Å². The molecular formula is C17H18N2. The largest absolute Gasteiger partial charge is 0.354 e. The third-order valence-corrected chi connectivity index (χ3v) is 4.58. The van der Waals surface area contributed by atoms with Crippen molar-refractivity contribution in [3.8, 4) is 0 Å². The predicted octanol–water partition coefficient (Wildman–Crippen LogP) is 3.58. The monoisotopic (exact) mass is 250 g/mol. The lowest BCUT2D eigenvalue weighted by atomic mass is 9.89. The maximum atomic E-state index is 3.62. The average molecular weight is 250 g/mol. The highest BCUT2D eigenvalue weighted by Crippen LogP contribution is 2.35. The van der Waals surface area contributed by atoms with Crippen molar-refractivity contribution < 1.29 is 0 Å². The van der Waals surface area contributed by atoms with Gasteiger partial charge in [0.25, 0.3) is 0 Å². The molecule has 2 heterocycles. The standard InChI is InChI=1S/C17H18N2/c1-10-14-9-18-8-7-12(14)11(2)17-16(10)13-5-3-4-6-15(13)19-17/h3-6,18-19H,7-9H2,1-2H3. The topological polar surface area (TPSA) is 27.8 Å². The molecule has 1 aliphatic rings. The van der Waals surface area contributed by atoms with Crippen LogP contribution in [0.1, 0.15) is 22.3 Å². The van der Waals surface area contributed by atoms with E-state index in [1.165, 1.54) is 38.5 Å². The van der Waals surface area contributed by atoms with Crippen molar-refractivity contribution >= 4 is 21.8 Å². The van der Waals surface area contributed by atoms with Crippen LogP contribution in [0.15, 0.2) is 24.3 Å². The van der Waals surface area contributed by atoms with Gasteiger partial charge in [-0.3, -0.25) is 0 Å². The first-order chi connectivity index (χ1) is 9.27. The van der Waals surface area contributed by atoms with Crippen LogP contribution in [-0.2, 0) is 13.0 Å². The smallest absolute Gasteiger partial charge is 0.0500 e. The molecule has 0 radical (unpaired) electrons. The van der Waals surface area contributed by atoms with Crippen LogP contribution in [0, 0.1) is 13.8 Å². The Labute approximate surface area is 112 Å². The Hall–Kier alpha value is -1.80. The van der Waals surface area contributed by atoms with E-state index in [-0.39, 0.29) is 0 Å². The number of aryl methyl sites for hydroxylation is 2. The Bertz CT molecular complexity index is 796. The maximum absolute atomic E-state index is 3.62. The van der Waals surface area contributed by atoms with Gasteiger partial charge in [-0.15, -0.1) is 0 Å². The Kier molecular flexibility index (Phi) is 2.24. The van der Waals surface area contributed by atoms with Gasteiger partial charge in [0, 0.05) is 28.4 Å². The van der Waals surface area contributed by atoms with Gasteiger partial charge in [-0.2, -0.15) is 0 Å². The molecule has 2 nitrogen and oxygen atoms in total. The lowest BCUT2D eigenvalue weighted by Crippen LogP contribution is -2.25. The summed E-state index contributed by atoms with van der Waals surface area (Å²) in [7, 11) is 0. The molecule has 4 rings (SSSR count). The third-order valence-electron chi connectivity index (χ3n) is 4.58. The molecule has 2 heteroatoms. The fraction of sp³-hybridized carbons (Fsp3) is 0.294. The lowest BCUT2D eigenvalue weighted by Gasteiger charge is -2.22. The van der Waals surface area contributed by atoms with Gasteiger partial charge in [0.05, 0.1) is 0 Å². The number of aromatic nitrogens is 1. The zero-order valence-corrected chi connectivity index (χ0v) is 11.4. The summed E-state index contributed by atoms with van der Waals surface area (Å²) in [4.78, 5) is 3.62. The second kappa shape index (κ2) is 3.84. The fourth-order valence-electron chi connectivity index (χ4n) is 3.57. The summed E-state index contributed by atoms with van der Waals surface area (Å²) in [6, 6.07) is 8.63. The van der Waals surface area contributed by atoms with Crippen molar-refractivity contribution in [2.75, 3.05) is 6.54 Å². The quantitative estimate of drug-likeness (QED) is 0.627. The zero-order chi connectivity index (χ0) is 13.0. The predicted molar refractivity (Wildman–Crippen MR) is 80.7 cm³/mol. The lowest BCUT2D eigenvalue weighted by molar-refractivity contribution is 0.639. The number of para-hydroxylation sites is 1. The van der Waals surface area contributed by atoms with Gasteiger partial charge in [0.15, 0.2) is 0 Å². The number of aromatic amines is 1. The van der Waals surface area contributed by atoms with E-state index in [2.05, 4.69) is 48.4 Å². The van der Waals surface area contributed by atoms with Gasteiger partial charge in [0.1, 0.15) is 0 Å². The summed E-state index contributed by atoms with van der Waals surface area (Å²) in [5, 5.41) is 6.27. The van der Waals surface area contributed by atoms with Crippen LogP contribution in [-0.4, -0.2) is 11.5 Å². The van der Waals surface area contributed by atoms with Crippen molar-refractivity contribution in [1.29, 1.82) is 0 Å². The highest BCUT2D eigenvalue weighted by molar-refractivity contribution is 6.10. The zero-order valence-electron chi connectivity index (χ0n) is 11.4. The van der Waals surface area contributed by atoms with Crippen LogP contribution < -0.4 is 5.32 Å². The van der Waals surface area contributed by atoms with Crippen LogP contribution in [0.25, 0.3) is 21.8 Å². The van der Waals surface area contributed by atoms with Crippen LogP contribution in [0.2, 0.25) is 0 Å². The van der Waals surface area contributed by atoms with Gasteiger partial charge in [-0.05, 0) is 55.1 Å². The van der Waals surface area contributed by atoms with Gasteiger partial charge in [-0.25, -0.2) is 0 Å². The molecule has 0 saturated heterocycles. The molecule has 0 bridgehead atoms. The van der Waals surface area contributed by atoms with Gasteiger partial charge in [-0.1, -0.05) is 18.2 Å². The Morgan fingerprint density at radius 3 is 2.74 bits per heavy atom. The molecule has 1 aromatic heterocycles. The molecule has 1 aliphatic heterocycles. The van der Waals surface area contributed by atoms with E-state index in [0.717, 1.165) is 19.5 Å². The molecule has 2 aromatic carbocycles. The second-order valence-electron chi connectivity index (χ2n) is 5.55. The van der Waals surface area contributed by atoms with Crippen molar-refractivity contribution in [3.05, 3.63) is 46.5 Å². The molecule has 96 valence electrons. The van der Waals surface area contributed by atoms with E-state index in [1.807, 2.05) is 0 Å². The number of fused-ring (bicyclic) bond motifs is 4. The molecular weight excluding hydrogens is 232 g/mol. The molecule has 3 aromatic rings. The highest BCUT2D eigenvalue weighted by atomic mass is 14.9. The van der Waals surface area contributed by atoms with Gasteiger partial charge < -0.3 is 10.3 Å². The minimum absolute atomic E-state index is 1.01. The first kappa shape index (κ1) is 11.1. The third kappa shape index (κ3) is 1.41. The molecule has 0 amide bonds. The number of hydrogen-bond acceptors (Lipinski definition) is 1. The van der Waals surface area contributed by atoms with E-state index < -0.39 is 0 Å². The molecule has 0 unspecified atom stereocenters. The SMILES string of the molecule is Cc1c2c(c(C)c3c1[nH]c1ccccc13)CNCC2. The molecule has 0 spiro atoms. The molecule has 0 fully saturated rings. The number of H-pyrrole nitrogens is 1. The maximum Gasteiger partial charge on any atom is 0.0500 e. The Balaban J connectivity index is 2.24. The molecule has 0 atom stereocenters. The minimum atomic E-state index is 1.01. The fourth-order valence-corrected chi connectivity index (χ4v) is 3.57. The first-order valence-corrected chi connectivity index (χ1v) is 6.99. The van der Waals surface area contributed by atoms with E-state index in [1.54, 1.807) is 5.56 Å². The highest BCUT2D eigenvalue weighted by Gasteiger charge is 2.19. The summed E-state index contributed by atoms with van der Waals surface area (Å²) >= 11 is 0. The summed E-state index contributed by atoms with van der Waals surface area (Å²) in [6.07, 6.45) is 1.15. The molecule has 0 saturated carbocycles. The summed E-state index contributed by atoms with van der Waals surface area (Å²) in [5.74, 6) is 0. The van der Waals surface area contributed by atoms with E-state index in [4.69, 9.17) is 0 Å². The van der Waals surface area contributed by atoms with E-state index in [9.17, 15) is 0 Å². The molecule has 2 N–H and O–H groups in total. The Morgan fingerprint density at radius 2 is 1.84 bits per heavy atom. The number of hydrogen-bond donors (Lipinski definition) is 2. The van der Waals surface area contributed by atoms with Crippen LogP contribution in [0.4, 0.5) is 0 Å². The van der Waals surface area contributed by atoms with Crippen LogP contribution in [0.3, 0.4) is 0 Å². The summed E-state index contributed by atoms with van der Waals surface area (Å²) < 4.78 is 0. The van der Waals surface area contributed by atoms with E-state index >= 15 is 0 Å². The molecule has 19 heavy (non-hydrogen) atoms.